The second-order valence-corrected chi connectivity index (χ2v) is 7.70. The van der Waals surface area contributed by atoms with Gasteiger partial charge in [0.1, 0.15) is 0 Å². The van der Waals surface area contributed by atoms with Crippen LogP contribution >= 0.6 is 11.3 Å². The fourth-order valence-electron chi connectivity index (χ4n) is 3.70. The summed E-state index contributed by atoms with van der Waals surface area (Å²) in [6.45, 7) is 3.91. The largest absolute Gasteiger partial charge is 0.324 e. The number of carbonyl (C=O) groups excluding carboxylic acids is 1. The number of thiazole rings is 1. The Labute approximate surface area is 139 Å². The van der Waals surface area contributed by atoms with Crippen LogP contribution < -0.4 is 5.32 Å². The molecule has 0 bridgehead atoms. The Kier molecular flexibility index (Phi) is 3.58. The number of rotatable bonds is 2. The Morgan fingerprint density at radius 1 is 1.26 bits per heavy atom. The van der Waals surface area contributed by atoms with Gasteiger partial charge in [0.2, 0.25) is 0 Å². The van der Waals surface area contributed by atoms with Crippen LogP contribution in [0.1, 0.15) is 6.42 Å². The fraction of sp³-hybridized carbons (Fsp3) is 0.412. The number of aromatic nitrogens is 1. The number of urea groups is 1. The summed E-state index contributed by atoms with van der Waals surface area (Å²) in [6, 6.07) is 10.1. The molecule has 0 radical (unpaired) electrons. The molecule has 0 atom stereocenters. The minimum atomic E-state index is -0.0228. The van der Waals surface area contributed by atoms with Gasteiger partial charge >= 0.3 is 6.03 Å². The van der Waals surface area contributed by atoms with E-state index in [9.17, 15) is 4.79 Å². The minimum Gasteiger partial charge on any atom is -0.324 e. The van der Waals surface area contributed by atoms with Gasteiger partial charge < -0.3 is 9.80 Å². The predicted molar refractivity (Wildman–Crippen MR) is 92.7 cm³/mol. The number of anilines is 1. The maximum atomic E-state index is 12.4. The highest BCUT2D eigenvalue weighted by molar-refractivity contribution is 7.19. The van der Waals surface area contributed by atoms with Crippen molar-refractivity contribution in [2.45, 2.75) is 6.42 Å². The Morgan fingerprint density at radius 3 is 2.78 bits per heavy atom. The summed E-state index contributed by atoms with van der Waals surface area (Å²) < 4.78 is 0. The SMILES string of the molecule is CN1CC2(CCN(C(=O)Nc3ncc(-c4ccccc4)s3)C2)C1. The first-order valence-electron chi connectivity index (χ1n) is 7.89. The average Bonchev–Trinajstić information content (AvgIpc) is 3.15. The molecule has 2 fully saturated rings. The van der Waals surface area contributed by atoms with E-state index in [0.29, 0.717) is 10.5 Å². The maximum Gasteiger partial charge on any atom is 0.323 e. The molecule has 2 aliphatic rings. The second kappa shape index (κ2) is 5.62. The van der Waals surface area contributed by atoms with Crippen LogP contribution in [-0.4, -0.2) is 54.0 Å². The molecule has 6 heteroatoms. The molecule has 0 unspecified atom stereocenters. The topological polar surface area (TPSA) is 48.5 Å². The van der Waals surface area contributed by atoms with Crippen molar-refractivity contribution in [1.29, 1.82) is 0 Å². The van der Waals surface area contributed by atoms with E-state index in [-0.39, 0.29) is 6.03 Å². The van der Waals surface area contributed by atoms with E-state index in [1.807, 2.05) is 29.3 Å². The molecule has 2 aliphatic heterocycles. The standard InChI is InChI=1S/C17H20N4OS/c1-20-10-17(11-20)7-8-21(12-17)16(22)19-15-18-9-14(23-15)13-5-3-2-4-6-13/h2-6,9H,7-8,10-12H2,1H3,(H,18,19,22). The molecule has 2 aromatic rings. The van der Waals surface area contributed by atoms with Crippen molar-refractivity contribution in [2.75, 3.05) is 38.5 Å². The van der Waals surface area contributed by atoms with Gasteiger partial charge in [-0.25, -0.2) is 9.78 Å². The lowest BCUT2D eigenvalue weighted by Gasteiger charge is -2.46. The first-order valence-corrected chi connectivity index (χ1v) is 8.71. The molecule has 1 aromatic carbocycles. The molecule has 3 heterocycles. The monoisotopic (exact) mass is 328 g/mol. The Hall–Kier alpha value is -1.92. The van der Waals surface area contributed by atoms with Crippen LogP contribution in [-0.2, 0) is 0 Å². The number of benzene rings is 1. The van der Waals surface area contributed by atoms with E-state index in [4.69, 9.17) is 0 Å². The van der Waals surface area contributed by atoms with Crippen molar-refractivity contribution in [3.8, 4) is 10.4 Å². The molecule has 1 aromatic heterocycles. The number of likely N-dealkylation sites (tertiary alicyclic amines) is 2. The van der Waals surface area contributed by atoms with Crippen LogP contribution in [0.5, 0.6) is 0 Å². The number of nitrogens with one attached hydrogen (secondary N) is 1. The lowest BCUT2D eigenvalue weighted by Crippen LogP contribution is -2.55. The highest BCUT2D eigenvalue weighted by atomic mass is 32.1. The smallest absolute Gasteiger partial charge is 0.323 e. The van der Waals surface area contributed by atoms with Crippen LogP contribution in [0.2, 0.25) is 0 Å². The van der Waals surface area contributed by atoms with Gasteiger partial charge in [-0.05, 0) is 19.0 Å². The molecule has 0 saturated carbocycles. The lowest BCUT2D eigenvalue weighted by molar-refractivity contribution is 0.0341. The molecular formula is C17H20N4OS. The lowest BCUT2D eigenvalue weighted by atomic mass is 9.79. The van der Waals surface area contributed by atoms with Crippen molar-refractivity contribution in [2.24, 2.45) is 5.41 Å². The highest BCUT2D eigenvalue weighted by Gasteiger charge is 2.47. The highest BCUT2D eigenvalue weighted by Crippen LogP contribution is 2.38. The maximum absolute atomic E-state index is 12.4. The Morgan fingerprint density at radius 2 is 2.04 bits per heavy atom. The summed E-state index contributed by atoms with van der Waals surface area (Å²) in [5.74, 6) is 0. The van der Waals surface area contributed by atoms with E-state index in [0.717, 1.165) is 43.0 Å². The molecule has 5 nitrogen and oxygen atoms in total. The van der Waals surface area contributed by atoms with Crippen molar-refractivity contribution >= 4 is 22.5 Å². The third kappa shape index (κ3) is 2.84. The van der Waals surface area contributed by atoms with E-state index in [1.54, 1.807) is 0 Å². The fourth-order valence-corrected chi connectivity index (χ4v) is 4.52. The van der Waals surface area contributed by atoms with Crippen LogP contribution in [0.15, 0.2) is 36.5 Å². The molecular weight excluding hydrogens is 308 g/mol. The van der Waals surface area contributed by atoms with Crippen LogP contribution in [0.4, 0.5) is 9.93 Å². The summed E-state index contributed by atoms with van der Waals surface area (Å²) in [5.41, 5.74) is 1.47. The van der Waals surface area contributed by atoms with Gasteiger partial charge in [-0.1, -0.05) is 41.7 Å². The zero-order chi connectivity index (χ0) is 15.9. The van der Waals surface area contributed by atoms with Gasteiger partial charge in [-0.3, -0.25) is 5.32 Å². The average molecular weight is 328 g/mol. The number of nitrogens with zero attached hydrogens (tertiary/aromatic N) is 3. The molecule has 1 spiro atoms. The van der Waals surface area contributed by atoms with Gasteiger partial charge in [0.25, 0.3) is 0 Å². The van der Waals surface area contributed by atoms with Crippen molar-refractivity contribution in [1.82, 2.24) is 14.8 Å². The van der Waals surface area contributed by atoms with Gasteiger partial charge in [0.05, 0.1) is 4.88 Å². The summed E-state index contributed by atoms with van der Waals surface area (Å²) in [4.78, 5) is 22.1. The first kappa shape index (κ1) is 14.7. The third-order valence-corrected chi connectivity index (χ3v) is 5.68. The first-order chi connectivity index (χ1) is 11.1. The summed E-state index contributed by atoms with van der Waals surface area (Å²) in [5, 5.41) is 3.62. The Balaban J connectivity index is 1.39. The molecule has 23 heavy (non-hydrogen) atoms. The van der Waals surface area contributed by atoms with E-state index >= 15 is 0 Å². The van der Waals surface area contributed by atoms with Crippen molar-refractivity contribution < 1.29 is 4.79 Å². The zero-order valence-corrected chi connectivity index (χ0v) is 14.0. The summed E-state index contributed by atoms with van der Waals surface area (Å²) in [6.07, 6.45) is 2.93. The summed E-state index contributed by atoms with van der Waals surface area (Å²) in [7, 11) is 2.13. The van der Waals surface area contributed by atoms with Gasteiger partial charge in [-0.2, -0.15) is 0 Å². The number of carbonyl (C=O) groups is 1. The minimum absolute atomic E-state index is 0.0228. The predicted octanol–water partition coefficient (Wildman–Crippen LogP) is 2.98. The molecule has 120 valence electrons. The quantitative estimate of drug-likeness (QED) is 0.922. The van der Waals surface area contributed by atoms with Gasteiger partial charge in [0, 0.05) is 37.8 Å². The normalized spacial score (nSPS) is 19.8. The number of amides is 2. The van der Waals surface area contributed by atoms with Crippen molar-refractivity contribution in [3.63, 3.8) is 0 Å². The summed E-state index contributed by atoms with van der Waals surface area (Å²) >= 11 is 1.52. The molecule has 1 N–H and O–H groups in total. The molecule has 0 aliphatic carbocycles. The van der Waals surface area contributed by atoms with Crippen LogP contribution in [0.25, 0.3) is 10.4 Å². The number of hydrogen-bond donors (Lipinski definition) is 1. The van der Waals surface area contributed by atoms with Gasteiger partial charge in [0.15, 0.2) is 5.13 Å². The molecule has 4 rings (SSSR count). The van der Waals surface area contributed by atoms with Crippen molar-refractivity contribution in [3.05, 3.63) is 36.5 Å². The van der Waals surface area contributed by atoms with Gasteiger partial charge in [-0.15, -0.1) is 0 Å². The van der Waals surface area contributed by atoms with Crippen LogP contribution in [0, 0.1) is 5.41 Å². The number of hydrogen-bond acceptors (Lipinski definition) is 4. The Bertz CT molecular complexity index is 708. The van der Waals surface area contributed by atoms with E-state index in [2.05, 4.69) is 34.4 Å². The van der Waals surface area contributed by atoms with E-state index in [1.165, 1.54) is 11.3 Å². The molecule has 2 saturated heterocycles. The molecule has 2 amide bonds. The van der Waals surface area contributed by atoms with E-state index < -0.39 is 0 Å². The zero-order valence-electron chi connectivity index (χ0n) is 13.2. The van der Waals surface area contributed by atoms with Crippen LogP contribution in [0.3, 0.4) is 0 Å². The second-order valence-electron chi connectivity index (χ2n) is 6.67. The third-order valence-electron chi connectivity index (χ3n) is 4.71.